The van der Waals surface area contributed by atoms with Gasteiger partial charge >= 0.3 is 0 Å². The van der Waals surface area contributed by atoms with E-state index in [0.717, 1.165) is 49.6 Å². The first-order valence-corrected chi connectivity index (χ1v) is 14.2. The van der Waals surface area contributed by atoms with Crippen LogP contribution in [0.5, 0.6) is 11.5 Å². The second-order valence-electron chi connectivity index (χ2n) is 11.2. The van der Waals surface area contributed by atoms with Crippen molar-refractivity contribution >= 4 is 22.4 Å². The molecule has 0 radical (unpaired) electrons. The highest BCUT2D eigenvalue weighted by Gasteiger charge is 2.33. The van der Waals surface area contributed by atoms with Gasteiger partial charge in [0.15, 0.2) is 11.5 Å². The quantitative estimate of drug-likeness (QED) is 0.451. The summed E-state index contributed by atoms with van der Waals surface area (Å²) in [6.07, 6.45) is 7.71. The van der Waals surface area contributed by atoms with E-state index in [1.54, 1.807) is 19.2 Å². The molecule has 6 rings (SSSR count). The summed E-state index contributed by atoms with van der Waals surface area (Å²) in [5.41, 5.74) is 2.84. The number of ether oxygens (including phenoxy) is 2. The Morgan fingerprint density at radius 2 is 1.70 bits per heavy atom. The van der Waals surface area contributed by atoms with Crippen molar-refractivity contribution in [2.45, 2.75) is 57.0 Å². The highest BCUT2D eigenvalue weighted by molar-refractivity contribution is 5.92. The molecule has 0 atom stereocenters. The molecule has 9 heteroatoms. The molecule has 40 heavy (non-hydrogen) atoms. The number of nitriles is 2. The van der Waals surface area contributed by atoms with E-state index >= 15 is 0 Å². The Morgan fingerprint density at radius 3 is 2.38 bits per heavy atom. The van der Waals surface area contributed by atoms with Crippen molar-refractivity contribution in [1.29, 1.82) is 10.5 Å². The lowest BCUT2D eigenvalue weighted by Crippen LogP contribution is -2.46. The monoisotopic (exact) mass is 538 g/mol. The van der Waals surface area contributed by atoms with E-state index in [1.165, 1.54) is 29.5 Å². The first kappa shape index (κ1) is 26.0. The third-order valence-electron chi connectivity index (χ3n) is 8.99. The van der Waals surface area contributed by atoms with Crippen molar-refractivity contribution in [2.24, 2.45) is 13.0 Å². The fourth-order valence-electron chi connectivity index (χ4n) is 6.47. The second-order valence-corrected chi connectivity index (χ2v) is 11.2. The predicted octanol–water partition coefficient (Wildman–Crippen LogP) is 4.50. The van der Waals surface area contributed by atoms with Gasteiger partial charge in [0, 0.05) is 44.5 Å². The molecule has 9 nitrogen and oxygen atoms in total. The fraction of sp³-hybridized carbons (Fsp3) is 0.484. The number of aryl methyl sites for hydroxylation is 1. The maximum Gasteiger partial charge on any atom is 0.270 e. The zero-order chi connectivity index (χ0) is 27.8. The van der Waals surface area contributed by atoms with Crippen molar-refractivity contribution in [3.63, 3.8) is 0 Å². The molecule has 206 valence electrons. The lowest BCUT2D eigenvalue weighted by Gasteiger charge is -2.44. The number of fused-ring (bicyclic) bond motifs is 2. The molecule has 2 aliphatic carbocycles. The van der Waals surface area contributed by atoms with E-state index in [-0.39, 0.29) is 22.9 Å². The Balaban J connectivity index is 1.27. The van der Waals surface area contributed by atoms with Gasteiger partial charge in [0.05, 0.1) is 11.2 Å². The highest BCUT2D eigenvalue weighted by Crippen LogP contribution is 2.40. The smallest absolute Gasteiger partial charge is 0.270 e. The van der Waals surface area contributed by atoms with Crippen molar-refractivity contribution in [3.8, 4) is 23.6 Å². The van der Waals surface area contributed by atoms with Crippen LogP contribution in [-0.4, -0.2) is 48.4 Å². The molecule has 2 saturated carbocycles. The lowest BCUT2D eigenvalue weighted by molar-refractivity contribution is 0.171. The van der Waals surface area contributed by atoms with Crippen molar-refractivity contribution in [2.75, 3.05) is 36.6 Å². The van der Waals surface area contributed by atoms with Gasteiger partial charge in [-0.25, -0.2) is 4.98 Å². The minimum Gasteiger partial charge on any atom is -0.486 e. The van der Waals surface area contributed by atoms with E-state index in [4.69, 9.17) is 9.47 Å². The van der Waals surface area contributed by atoms with Crippen LogP contribution < -0.4 is 24.8 Å². The summed E-state index contributed by atoms with van der Waals surface area (Å²) in [6.45, 7) is 2.20. The number of nitrogens with zero attached hydrogens (tertiary/aromatic N) is 6. The van der Waals surface area contributed by atoms with Gasteiger partial charge in [0.25, 0.3) is 5.56 Å². The molecule has 1 aliphatic heterocycles. The molecular formula is C31H34N6O3. The number of rotatable bonds is 6. The van der Waals surface area contributed by atoms with E-state index in [0.29, 0.717) is 36.0 Å². The summed E-state index contributed by atoms with van der Waals surface area (Å²) >= 11 is 0. The Kier molecular flexibility index (Phi) is 6.98. The summed E-state index contributed by atoms with van der Waals surface area (Å²) in [5, 5.41) is 19.5. The Labute approximate surface area is 234 Å². The molecule has 0 bridgehead atoms. The van der Waals surface area contributed by atoms with Gasteiger partial charge in [0.1, 0.15) is 42.1 Å². The molecule has 2 aromatic heterocycles. The third kappa shape index (κ3) is 4.60. The number of pyridine rings is 2. The first-order valence-electron chi connectivity index (χ1n) is 14.2. The van der Waals surface area contributed by atoms with Crippen LogP contribution in [0.25, 0.3) is 11.0 Å². The van der Waals surface area contributed by atoms with Crippen LogP contribution in [0.15, 0.2) is 35.1 Å². The van der Waals surface area contributed by atoms with E-state index < -0.39 is 0 Å². The summed E-state index contributed by atoms with van der Waals surface area (Å²) in [4.78, 5) is 22.3. The van der Waals surface area contributed by atoms with Gasteiger partial charge in [-0.2, -0.15) is 10.5 Å². The second kappa shape index (κ2) is 10.7. The third-order valence-corrected chi connectivity index (χ3v) is 8.99. The van der Waals surface area contributed by atoms with Crippen LogP contribution in [0.4, 0.5) is 11.4 Å². The van der Waals surface area contributed by atoms with Crippen molar-refractivity contribution < 1.29 is 9.47 Å². The fourth-order valence-corrected chi connectivity index (χ4v) is 6.47. The molecule has 1 aromatic carbocycles. The minimum atomic E-state index is -0.345. The topological polar surface area (TPSA) is 107 Å². The molecule has 0 saturated heterocycles. The maximum atomic E-state index is 13.1. The van der Waals surface area contributed by atoms with Crippen molar-refractivity contribution in [3.05, 3.63) is 51.9 Å². The molecule has 2 fully saturated rings. The minimum absolute atomic E-state index is 0.0742. The summed E-state index contributed by atoms with van der Waals surface area (Å²) in [5.74, 6) is 2.35. The number of hydrogen-bond donors (Lipinski definition) is 0. The van der Waals surface area contributed by atoms with Crippen LogP contribution in [0, 0.1) is 28.6 Å². The zero-order valence-electron chi connectivity index (χ0n) is 23.1. The molecular weight excluding hydrogens is 504 g/mol. The number of benzene rings is 1. The molecule has 0 amide bonds. The average Bonchev–Trinajstić information content (AvgIpc) is 2.97. The molecule has 3 heterocycles. The molecule has 3 aromatic rings. The first-order chi connectivity index (χ1) is 19.5. The Morgan fingerprint density at radius 1 is 0.975 bits per heavy atom. The average molecular weight is 539 g/mol. The van der Waals surface area contributed by atoms with Gasteiger partial charge < -0.3 is 23.8 Å². The largest absolute Gasteiger partial charge is 0.486 e. The van der Waals surface area contributed by atoms with Gasteiger partial charge in [0.2, 0.25) is 0 Å². The van der Waals surface area contributed by atoms with Crippen LogP contribution in [0.3, 0.4) is 0 Å². The maximum absolute atomic E-state index is 13.1. The van der Waals surface area contributed by atoms with Crippen LogP contribution >= 0.6 is 0 Å². The Bertz CT molecular complexity index is 1570. The number of hydrogen-bond acceptors (Lipinski definition) is 8. The van der Waals surface area contributed by atoms with Gasteiger partial charge in [-0.1, -0.05) is 6.42 Å². The predicted molar refractivity (Wildman–Crippen MR) is 153 cm³/mol. The zero-order valence-corrected chi connectivity index (χ0v) is 23.1. The summed E-state index contributed by atoms with van der Waals surface area (Å²) in [7, 11) is 3.59. The van der Waals surface area contributed by atoms with Gasteiger partial charge in [-0.05, 0) is 68.7 Å². The molecule has 0 spiro atoms. The lowest BCUT2D eigenvalue weighted by atomic mass is 9.83. The standard InChI is InChI=1S/C31H34N6O3/c1-35(30-25(18-33)31(38)36(2)26-12-6-21(17-32)34-29(26)30)22-7-9-23(10-8-22)37(19-20-4-3-5-20)24-11-13-27-28(16-24)40-15-14-39-27/h6,11-13,16,20,22-23H,3-5,7-10,14-15,19H2,1-2H3/t22-,23+. The SMILES string of the molecule is Cn1c(=O)c(C#N)c(N(C)[C@H]2CC[C@@H](N(CC3CCC3)c3ccc4c(c3)OCCO4)CC2)c2nc(C#N)ccc21. The van der Waals surface area contributed by atoms with Crippen LogP contribution in [-0.2, 0) is 7.05 Å². The van der Waals surface area contributed by atoms with E-state index in [2.05, 4.69) is 39.1 Å². The number of anilines is 2. The highest BCUT2D eigenvalue weighted by atomic mass is 16.6. The van der Waals surface area contributed by atoms with E-state index in [1.807, 2.05) is 13.1 Å². The van der Waals surface area contributed by atoms with Crippen LogP contribution in [0.1, 0.15) is 56.2 Å². The summed E-state index contributed by atoms with van der Waals surface area (Å²) in [6, 6.07) is 14.4. The number of aromatic nitrogens is 2. The van der Waals surface area contributed by atoms with E-state index in [9.17, 15) is 15.3 Å². The Hall–Kier alpha value is -4.24. The molecule has 0 unspecified atom stereocenters. The van der Waals surface area contributed by atoms with Crippen LogP contribution in [0.2, 0.25) is 0 Å². The van der Waals surface area contributed by atoms with Crippen molar-refractivity contribution in [1.82, 2.24) is 9.55 Å². The molecule has 0 N–H and O–H groups in total. The molecule has 3 aliphatic rings. The normalized spacial score (nSPS) is 20.3. The van der Waals surface area contributed by atoms with Gasteiger partial charge in [-0.3, -0.25) is 4.79 Å². The summed E-state index contributed by atoms with van der Waals surface area (Å²) < 4.78 is 13.1. The van der Waals surface area contributed by atoms with Gasteiger partial charge in [-0.15, -0.1) is 0 Å².